The first kappa shape index (κ1) is 18.5. The molecule has 0 saturated heterocycles. The predicted octanol–water partition coefficient (Wildman–Crippen LogP) is 4.95. The summed E-state index contributed by atoms with van der Waals surface area (Å²) in [6, 6.07) is 17.8. The van der Waals surface area contributed by atoms with Gasteiger partial charge in [-0.3, -0.25) is 4.79 Å². The van der Waals surface area contributed by atoms with Crippen LogP contribution in [0.4, 0.5) is 0 Å². The molecule has 0 bridgehead atoms. The van der Waals surface area contributed by atoms with E-state index in [2.05, 4.69) is 24.1 Å². The number of aromatic amines is 1. The number of aromatic nitrogens is 2. The van der Waals surface area contributed by atoms with E-state index in [-0.39, 0.29) is 23.1 Å². The van der Waals surface area contributed by atoms with E-state index in [9.17, 15) is 4.79 Å². The first-order valence-corrected chi connectivity index (χ1v) is 9.93. The smallest absolute Gasteiger partial charge is 0.233 e. The highest BCUT2D eigenvalue weighted by Gasteiger charge is 2.26. The lowest BCUT2D eigenvalue weighted by Crippen LogP contribution is -2.37. The number of amides is 1. The molecule has 1 amide bonds. The lowest BCUT2D eigenvalue weighted by atomic mass is 9.98. The van der Waals surface area contributed by atoms with Crippen LogP contribution in [-0.2, 0) is 4.79 Å². The molecule has 136 valence electrons. The zero-order valence-corrected chi connectivity index (χ0v) is 16.2. The lowest BCUT2D eigenvalue weighted by molar-refractivity contribution is -0.121. The van der Waals surface area contributed by atoms with Crippen LogP contribution < -0.4 is 5.32 Å². The normalized spacial score (nSPS) is 14.7. The Morgan fingerprint density at radius 1 is 1.12 bits per heavy atom. The van der Waals surface area contributed by atoms with Gasteiger partial charge in [0.15, 0.2) is 0 Å². The molecule has 0 aliphatic heterocycles. The van der Waals surface area contributed by atoms with E-state index in [1.807, 2.05) is 61.5 Å². The molecule has 0 spiro atoms. The van der Waals surface area contributed by atoms with Crippen LogP contribution in [0, 0.1) is 5.92 Å². The van der Waals surface area contributed by atoms with E-state index < -0.39 is 0 Å². The number of carbonyl (C=O) groups is 1. The molecule has 4 nitrogen and oxygen atoms in total. The second-order valence-electron chi connectivity index (χ2n) is 6.58. The van der Waals surface area contributed by atoms with Crippen LogP contribution in [0.1, 0.15) is 39.1 Å². The van der Waals surface area contributed by atoms with Crippen molar-refractivity contribution in [3.8, 4) is 0 Å². The van der Waals surface area contributed by atoms with Crippen LogP contribution in [0.5, 0.6) is 0 Å². The molecule has 0 radical (unpaired) electrons. The summed E-state index contributed by atoms with van der Waals surface area (Å²) >= 11 is 1.57. The first-order valence-electron chi connectivity index (χ1n) is 9.05. The second kappa shape index (κ2) is 8.41. The monoisotopic (exact) mass is 367 g/mol. The van der Waals surface area contributed by atoms with Gasteiger partial charge in [-0.15, -0.1) is 11.8 Å². The van der Waals surface area contributed by atoms with Gasteiger partial charge in [-0.05, 0) is 37.1 Å². The number of imidazole rings is 1. The summed E-state index contributed by atoms with van der Waals surface area (Å²) in [5.41, 5.74) is 1.92. The average Bonchev–Trinajstić information content (AvgIpc) is 3.09. The van der Waals surface area contributed by atoms with E-state index in [1.54, 1.807) is 11.8 Å². The van der Waals surface area contributed by atoms with Gasteiger partial charge >= 0.3 is 0 Å². The summed E-state index contributed by atoms with van der Waals surface area (Å²) in [6.07, 6.45) is 0.961. The molecule has 1 heterocycles. The lowest BCUT2D eigenvalue weighted by Gasteiger charge is -2.24. The Labute approximate surface area is 158 Å². The molecule has 0 saturated carbocycles. The third kappa shape index (κ3) is 4.28. The van der Waals surface area contributed by atoms with Gasteiger partial charge in [0.2, 0.25) is 5.91 Å². The number of H-pyrrole nitrogens is 1. The second-order valence-corrected chi connectivity index (χ2v) is 8.00. The number of nitrogens with one attached hydrogen (secondary N) is 2. The maximum absolute atomic E-state index is 12.8. The Bertz CT molecular complexity index is 829. The minimum Gasteiger partial charge on any atom is -0.345 e. The van der Waals surface area contributed by atoms with Crippen LogP contribution in [0.25, 0.3) is 11.0 Å². The zero-order chi connectivity index (χ0) is 18.5. The summed E-state index contributed by atoms with van der Waals surface area (Å²) in [5, 5.41) is 3.04. The number of hydrogen-bond acceptors (Lipinski definition) is 3. The van der Waals surface area contributed by atoms with Crippen molar-refractivity contribution >= 4 is 28.7 Å². The highest BCUT2D eigenvalue weighted by molar-refractivity contribution is 8.00. The van der Waals surface area contributed by atoms with Crippen molar-refractivity contribution in [2.75, 3.05) is 0 Å². The molecule has 2 N–H and O–H groups in total. The maximum Gasteiger partial charge on any atom is 0.233 e. The van der Waals surface area contributed by atoms with E-state index in [4.69, 9.17) is 4.98 Å². The number of para-hydroxylation sites is 2. The Morgan fingerprint density at radius 3 is 2.50 bits per heavy atom. The number of carbonyl (C=O) groups excluding carboxylic acids is 1. The van der Waals surface area contributed by atoms with Gasteiger partial charge in [-0.2, -0.15) is 0 Å². The van der Waals surface area contributed by atoms with Crippen molar-refractivity contribution in [3.63, 3.8) is 0 Å². The number of benzene rings is 2. The molecule has 3 unspecified atom stereocenters. The fourth-order valence-electron chi connectivity index (χ4n) is 2.86. The molecule has 3 atom stereocenters. The Balaban J connectivity index is 1.76. The Morgan fingerprint density at radius 2 is 1.81 bits per heavy atom. The van der Waals surface area contributed by atoms with Crippen LogP contribution in [0.2, 0.25) is 0 Å². The van der Waals surface area contributed by atoms with Crippen LogP contribution >= 0.6 is 11.8 Å². The Kier molecular flexibility index (Phi) is 5.99. The fraction of sp³-hybridized carbons (Fsp3) is 0.333. The van der Waals surface area contributed by atoms with Crippen molar-refractivity contribution in [2.45, 2.75) is 43.4 Å². The molecule has 3 rings (SSSR count). The summed E-state index contributed by atoms with van der Waals surface area (Å²) in [7, 11) is 0. The van der Waals surface area contributed by atoms with Crippen molar-refractivity contribution in [2.24, 2.45) is 5.92 Å². The third-order valence-corrected chi connectivity index (χ3v) is 5.75. The quantitative estimate of drug-likeness (QED) is 0.581. The van der Waals surface area contributed by atoms with Gasteiger partial charge in [0.1, 0.15) is 5.82 Å². The Hall–Kier alpha value is -2.27. The van der Waals surface area contributed by atoms with Crippen LogP contribution in [0.15, 0.2) is 59.5 Å². The van der Waals surface area contributed by atoms with Gasteiger partial charge in [0.25, 0.3) is 0 Å². The van der Waals surface area contributed by atoms with Gasteiger partial charge in [-0.1, -0.05) is 50.6 Å². The molecule has 3 aromatic rings. The number of fused-ring (bicyclic) bond motifs is 1. The summed E-state index contributed by atoms with van der Waals surface area (Å²) in [6.45, 7) is 6.22. The molecular weight excluding hydrogens is 342 g/mol. The fourth-order valence-corrected chi connectivity index (χ4v) is 3.76. The topological polar surface area (TPSA) is 57.8 Å². The van der Waals surface area contributed by atoms with Crippen molar-refractivity contribution in [3.05, 3.63) is 60.4 Å². The van der Waals surface area contributed by atoms with Crippen molar-refractivity contribution < 1.29 is 4.79 Å². The summed E-state index contributed by atoms with van der Waals surface area (Å²) in [4.78, 5) is 22.0. The molecule has 0 aliphatic rings. The summed E-state index contributed by atoms with van der Waals surface area (Å²) < 4.78 is 0. The largest absolute Gasteiger partial charge is 0.345 e. The maximum atomic E-state index is 12.8. The SMILES string of the molecule is CCC(C)C(NC(=O)C(C)Sc1ccccc1)c1nc2ccccc2[nH]1. The zero-order valence-electron chi connectivity index (χ0n) is 15.4. The van der Waals surface area contributed by atoms with Crippen LogP contribution in [0.3, 0.4) is 0 Å². The highest BCUT2D eigenvalue weighted by Crippen LogP contribution is 2.27. The number of thioether (sulfide) groups is 1. The van der Waals surface area contributed by atoms with Gasteiger partial charge in [0.05, 0.1) is 22.3 Å². The van der Waals surface area contributed by atoms with E-state index in [1.165, 1.54) is 0 Å². The molecule has 0 aliphatic carbocycles. The molecule has 2 aromatic carbocycles. The number of rotatable bonds is 7. The number of nitrogens with zero attached hydrogens (tertiary/aromatic N) is 1. The summed E-state index contributed by atoms with van der Waals surface area (Å²) in [5.74, 6) is 1.14. The molecule has 0 fully saturated rings. The molecule has 26 heavy (non-hydrogen) atoms. The van der Waals surface area contributed by atoms with E-state index in [0.717, 1.165) is 28.2 Å². The van der Waals surface area contributed by atoms with Crippen molar-refractivity contribution in [1.82, 2.24) is 15.3 Å². The average molecular weight is 368 g/mol. The minimum absolute atomic E-state index is 0.0320. The standard InChI is InChI=1S/C21H25N3OS/c1-4-14(2)19(20-22-17-12-8-9-13-18(17)23-20)24-21(25)15(3)26-16-10-6-5-7-11-16/h5-15,19H,4H2,1-3H3,(H,22,23)(H,24,25). The van der Waals surface area contributed by atoms with Crippen LogP contribution in [-0.4, -0.2) is 21.1 Å². The molecular formula is C21H25N3OS. The molecule has 1 aromatic heterocycles. The van der Waals surface area contributed by atoms with Crippen molar-refractivity contribution in [1.29, 1.82) is 0 Å². The van der Waals surface area contributed by atoms with E-state index >= 15 is 0 Å². The predicted molar refractivity (Wildman–Crippen MR) is 108 cm³/mol. The van der Waals surface area contributed by atoms with Gasteiger partial charge in [-0.25, -0.2) is 4.98 Å². The van der Waals surface area contributed by atoms with E-state index in [0.29, 0.717) is 0 Å². The highest BCUT2D eigenvalue weighted by atomic mass is 32.2. The first-order chi connectivity index (χ1) is 12.6. The van der Waals surface area contributed by atoms with Gasteiger partial charge in [0, 0.05) is 4.90 Å². The van der Waals surface area contributed by atoms with Gasteiger partial charge < -0.3 is 10.3 Å². The minimum atomic E-state index is -0.173. The number of hydrogen-bond donors (Lipinski definition) is 2. The molecule has 5 heteroatoms. The third-order valence-electron chi connectivity index (χ3n) is 4.64.